The quantitative estimate of drug-likeness (QED) is 0.159. The van der Waals surface area contributed by atoms with Crippen LogP contribution >= 0.6 is 0 Å². The van der Waals surface area contributed by atoms with Gasteiger partial charge in [0.25, 0.3) is 0 Å². The molecule has 6 aromatic heterocycles. The molecule has 0 fully saturated rings. The third-order valence-electron chi connectivity index (χ3n) is 13.4. The summed E-state index contributed by atoms with van der Waals surface area (Å²) in [5.74, 6) is 1.14. The first-order valence-corrected chi connectivity index (χ1v) is 23.1. The van der Waals surface area contributed by atoms with Crippen LogP contribution in [0.3, 0.4) is 0 Å². The second kappa shape index (κ2) is 15.5. The molecule has 0 amide bonds. The van der Waals surface area contributed by atoms with Crippen molar-refractivity contribution in [2.45, 2.75) is 0 Å². The van der Waals surface area contributed by atoms with Gasteiger partial charge in [-0.15, -0.1) is 0 Å². The van der Waals surface area contributed by atoms with Crippen LogP contribution in [-0.2, 0) is 0 Å². The Balaban J connectivity index is 0.900. The zero-order chi connectivity index (χ0) is 45.4. The first kappa shape index (κ1) is 38.7. The van der Waals surface area contributed by atoms with E-state index in [1.807, 2.05) is 30.5 Å². The molecule has 322 valence electrons. The number of pyridine rings is 2. The molecule has 0 saturated heterocycles. The lowest BCUT2D eigenvalue weighted by molar-refractivity contribution is 0.947. The molecule has 6 heterocycles. The molecule has 0 radical (unpaired) electrons. The highest BCUT2D eigenvalue weighted by atomic mass is 15.2. The Labute approximate surface area is 395 Å². The predicted molar refractivity (Wildman–Crippen MR) is 280 cm³/mol. The Kier molecular flexibility index (Phi) is 8.72. The molecule has 0 spiro atoms. The Morgan fingerprint density at radius 1 is 0.290 bits per heavy atom. The molecule has 14 rings (SSSR count). The van der Waals surface area contributed by atoms with E-state index in [0.717, 1.165) is 105 Å². The molecule has 0 bridgehead atoms. The number of hydrogen-bond acceptors (Lipinski definition) is 5. The fourth-order valence-electron chi connectivity index (χ4n) is 10.3. The van der Waals surface area contributed by atoms with Gasteiger partial charge in [-0.3, -0.25) is 9.55 Å². The Morgan fingerprint density at radius 2 is 0.826 bits per heavy atom. The first-order valence-electron chi connectivity index (χ1n) is 23.1. The predicted octanol–water partition coefficient (Wildman–Crippen LogP) is 14.6. The van der Waals surface area contributed by atoms with Gasteiger partial charge >= 0.3 is 0 Å². The maximum Gasteiger partial charge on any atom is 0.238 e. The van der Waals surface area contributed by atoms with Crippen LogP contribution in [0.2, 0.25) is 0 Å². The van der Waals surface area contributed by atoms with Gasteiger partial charge in [0.05, 0.1) is 55.7 Å². The van der Waals surface area contributed by atoms with Crippen LogP contribution in [0, 0.1) is 0 Å². The monoisotopic (exact) mass is 882 g/mol. The van der Waals surface area contributed by atoms with Gasteiger partial charge in [0, 0.05) is 55.5 Å². The van der Waals surface area contributed by atoms with Crippen LogP contribution in [0.15, 0.2) is 231 Å². The lowest BCUT2D eigenvalue weighted by atomic mass is 10.0. The number of rotatable bonds is 7. The molecule has 0 aliphatic rings. The summed E-state index contributed by atoms with van der Waals surface area (Å²) in [6.07, 6.45) is 3.47. The largest absolute Gasteiger partial charge is 0.309 e. The standard InChI is InChI=1S/C61H38N8/c1-4-15-39(16-5-1)51-36-45(37-52(65-51)40-17-6-2-7-18-40)68-53-23-12-10-21-46(53)48-29-26-42(35-58(48)68)41-27-30-55-49(33-41)47-22-11-13-24-54(47)69(55)61-64-38-63-60(66-61)43-28-31-56-50(34-43)59-57(25-14-32-62-59)67(56)44-19-8-3-9-20-44/h1-38H. The van der Waals surface area contributed by atoms with Gasteiger partial charge in [0.15, 0.2) is 5.82 Å². The van der Waals surface area contributed by atoms with Crippen LogP contribution in [0.1, 0.15) is 0 Å². The molecule has 0 atom stereocenters. The number of fused-ring (bicyclic) bond motifs is 9. The topological polar surface area (TPSA) is 79.2 Å². The smallest absolute Gasteiger partial charge is 0.238 e. The van der Waals surface area contributed by atoms with Gasteiger partial charge in [-0.25, -0.2) is 15.0 Å². The molecule has 8 aromatic carbocycles. The molecule has 8 heteroatoms. The van der Waals surface area contributed by atoms with Crippen molar-refractivity contribution in [2.75, 3.05) is 0 Å². The van der Waals surface area contributed by atoms with Crippen molar-refractivity contribution in [1.82, 2.24) is 38.6 Å². The average Bonchev–Trinajstić information content (AvgIpc) is 4.06. The fourth-order valence-corrected chi connectivity index (χ4v) is 10.3. The fraction of sp³-hybridized carbons (Fsp3) is 0. The zero-order valence-electron chi connectivity index (χ0n) is 37.0. The molecule has 0 aliphatic heterocycles. The van der Waals surface area contributed by atoms with E-state index in [2.05, 4.69) is 208 Å². The highest BCUT2D eigenvalue weighted by molar-refractivity contribution is 6.13. The Hall–Kier alpha value is -9.53. The van der Waals surface area contributed by atoms with Crippen LogP contribution in [0.5, 0.6) is 0 Å². The number of para-hydroxylation sites is 3. The minimum absolute atomic E-state index is 0.553. The summed E-state index contributed by atoms with van der Waals surface area (Å²) in [6, 6.07) is 77.0. The molecule has 0 saturated carbocycles. The lowest BCUT2D eigenvalue weighted by Gasteiger charge is -2.14. The summed E-state index contributed by atoms with van der Waals surface area (Å²) >= 11 is 0. The maximum atomic E-state index is 5.21. The minimum Gasteiger partial charge on any atom is -0.309 e. The van der Waals surface area contributed by atoms with Gasteiger partial charge in [0.1, 0.15) is 6.33 Å². The van der Waals surface area contributed by atoms with Crippen molar-refractivity contribution in [3.8, 4) is 62.4 Å². The number of nitrogens with zero attached hydrogens (tertiary/aromatic N) is 8. The van der Waals surface area contributed by atoms with E-state index in [4.69, 9.17) is 24.9 Å². The number of hydrogen-bond donors (Lipinski definition) is 0. The SMILES string of the molecule is c1ccc(-c2cc(-n3c4ccccc4c4ccc(-c5ccc6c(c5)c5ccccc5n6-c5ncnc(-c6ccc7c(c6)c6ncccc6n7-c6ccccc6)n5)cc43)cc(-c3ccccc3)n2)cc1. The molecule has 0 N–H and O–H groups in total. The van der Waals surface area contributed by atoms with Gasteiger partial charge < -0.3 is 9.13 Å². The molecule has 69 heavy (non-hydrogen) atoms. The van der Waals surface area contributed by atoms with E-state index in [-0.39, 0.29) is 0 Å². The van der Waals surface area contributed by atoms with Crippen molar-refractivity contribution in [2.24, 2.45) is 0 Å². The van der Waals surface area contributed by atoms with Crippen molar-refractivity contribution in [3.05, 3.63) is 231 Å². The van der Waals surface area contributed by atoms with Crippen LogP contribution < -0.4 is 0 Å². The third kappa shape index (κ3) is 6.27. The highest BCUT2D eigenvalue weighted by Crippen LogP contribution is 2.40. The van der Waals surface area contributed by atoms with Gasteiger partial charge in [-0.1, -0.05) is 133 Å². The summed E-state index contributed by atoms with van der Waals surface area (Å²) in [6.45, 7) is 0. The van der Waals surface area contributed by atoms with Crippen molar-refractivity contribution in [1.29, 1.82) is 0 Å². The van der Waals surface area contributed by atoms with Crippen molar-refractivity contribution < 1.29 is 0 Å². The van der Waals surface area contributed by atoms with E-state index in [9.17, 15) is 0 Å². The van der Waals surface area contributed by atoms with E-state index in [1.165, 1.54) is 10.8 Å². The van der Waals surface area contributed by atoms with Crippen molar-refractivity contribution in [3.63, 3.8) is 0 Å². The Bertz CT molecular complexity index is 4250. The van der Waals surface area contributed by atoms with E-state index in [1.54, 1.807) is 6.33 Å². The minimum atomic E-state index is 0.553. The number of benzene rings is 8. The third-order valence-corrected chi connectivity index (χ3v) is 13.4. The average molecular weight is 883 g/mol. The molecule has 14 aromatic rings. The van der Waals surface area contributed by atoms with Gasteiger partial charge in [-0.05, 0) is 96.1 Å². The van der Waals surface area contributed by atoms with E-state index >= 15 is 0 Å². The molecule has 8 nitrogen and oxygen atoms in total. The second-order valence-electron chi connectivity index (χ2n) is 17.4. The molecule has 0 unspecified atom stereocenters. The van der Waals surface area contributed by atoms with Crippen molar-refractivity contribution >= 4 is 65.5 Å². The van der Waals surface area contributed by atoms with Crippen LogP contribution in [-0.4, -0.2) is 38.6 Å². The summed E-state index contributed by atoms with van der Waals surface area (Å²) in [5.41, 5.74) is 16.6. The van der Waals surface area contributed by atoms with Crippen LogP contribution in [0.25, 0.3) is 128 Å². The maximum absolute atomic E-state index is 5.21. The Morgan fingerprint density at radius 3 is 1.57 bits per heavy atom. The summed E-state index contributed by atoms with van der Waals surface area (Å²) < 4.78 is 6.81. The summed E-state index contributed by atoms with van der Waals surface area (Å²) in [7, 11) is 0. The zero-order valence-corrected chi connectivity index (χ0v) is 37.0. The summed E-state index contributed by atoms with van der Waals surface area (Å²) in [5, 5.41) is 5.65. The lowest BCUT2D eigenvalue weighted by Crippen LogP contribution is -2.03. The van der Waals surface area contributed by atoms with E-state index < -0.39 is 0 Å². The van der Waals surface area contributed by atoms with E-state index in [0.29, 0.717) is 11.8 Å². The normalized spacial score (nSPS) is 11.8. The van der Waals surface area contributed by atoms with Gasteiger partial charge in [0.2, 0.25) is 5.95 Å². The first-order chi connectivity index (χ1) is 34.2. The van der Waals surface area contributed by atoms with Gasteiger partial charge in [-0.2, -0.15) is 4.98 Å². The van der Waals surface area contributed by atoms with Crippen LogP contribution in [0.4, 0.5) is 0 Å². The molecular formula is C61H38N8. The molecular weight excluding hydrogens is 845 g/mol. The molecule has 0 aliphatic carbocycles. The summed E-state index contributed by atoms with van der Waals surface area (Å²) in [4.78, 5) is 24.7. The highest BCUT2D eigenvalue weighted by Gasteiger charge is 2.20. The second-order valence-corrected chi connectivity index (χ2v) is 17.4. The number of aromatic nitrogens is 8.